The number of benzene rings is 5. The highest BCUT2D eigenvalue weighted by Gasteiger charge is 2.24. The number of carbonyl (C=O) groups excluding carboxylic acids is 5. The zero-order valence-electron chi connectivity index (χ0n) is 62.0. The fourth-order valence-electron chi connectivity index (χ4n) is 10.7. The number of nitrogens with one attached hydrogen (secondary N) is 1. The molecule has 15 heteroatoms. The molecule has 0 radical (unpaired) electrons. The molecule has 0 bridgehead atoms. The standard InChI is InChI=1S/2C18H30NO.C16H25NO.C12H15ClO.C8H11N.C4H11N.C3H4Cl2O.ClH.HI/c2*1-6-19(7-2,8-3)13-12-17(20)14-18-15(4)10-9-11-16(18)5;1-5-17(6-2)11-10-15(18)12-16-13(3)8-7-9-14(16)4;1-9-4-3-5-10(2)12(9)8-11(14)6-7-13;1-6-4-3-5-7(2)8(6)9;1-3-5-4-2;4-2-1-3(5)6;;/h2*9-11H,6-8,12-14H2,1-5H3;7-9H,5-6,10-12H2,1-4H3;3-5H,6-8H2,1-2H3;3-5H,9H2,1-2H3;5H,3-4H2,1-2H3;1-2H2;2*1H/q2*+1;;;;;;;/p-2. The molecular weight excluding hydrogens is 1370 g/mol. The number of nitrogen functional groups attached to an aromatic ring is 1. The van der Waals surface area contributed by atoms with Gasteiger partial charge in [0.2, 0.25) is 5.24 Å². The van der Waals surface area contributed by atoms with Gasteiger partial charge in [-0.15, -0.1) is 23.2 Å². The topological polar surface area (TPSA) is 127 Å². The first kappa shape index (κ1) is 96.4. The van der Waals surface area contributed by atoms with Crippen molar-refractivity contribution < 1.29 is 69.3 Å². The summed E-state index contributed by atoms with van der Waals surface area (Å²) in [4.78, 5) is 60.1. The van der Waals surface area contributed by atoms with Crippen LogP contribution in [0.15, 0.2) is 91.0 Å². The van der Waals surface area contributed by atoms with Crippen molar-refractivity contribution in [2.45, 2.75) is 196 Å². The molecule has 0 aromatic heterocycles. The number of halogens is 5. The number of Topliss-reactive ketones (excluding diaryl/α,β-unsaturated/α-hetero) is 4. The molecule has 0 aliphatic rings. The number of nitrogens with zero attached hydrogens (tertiary/aromatic N) is 3. The second kappa shape index (κ2) is 55.9. The Bertz CT molecular complexity index is 2700. The van der Waals surface area contributed by atoms with E-state index < -0.39 is 0 Å². The van der Waals surface area contributed by atoms with Crippen LogP contribution in [0.2, 0.25) is 0 Å². The Morgan fingerprint density at radius 3 is 0.809 bits per heavy atom. The molecular formula is C79H126Cl4IN5O5. The van der Waals surface area contributed by atoms with Crippen molar-refractivity contribution in [3.05, 3.63) is 169 Å². The number of ketones is 4. The molecule has 0 heterocycles. The lowest BCUT2D eigenvalue weighted by Gasteiger charge is -2.35. The highest BCUT2D eigenvalue weighted by molar-refractivity contribution is 6.63. The number of carbonyl (C=O) groups is 5. The minimum absolute atomic E-state index is 0. The molecule has 0 saturated carbocycles. The summed E-state index contributed by atoms with van der Waals surface area (Å²) < 4.78 is 2.11. The summed E-state index contributed by atoms with van der Waals surface area (Å²) >= 11 is 15.5. The minimum atomic E-state index is -0.370. The van der Waals surface area contributed by atoms with Crippen molar-refractivity contribution in [3.63, 3.8) is 0 Å². The summed E-state index contributed by atoms with van der Waals surface area (Å²) in [5.74, 6) is 2.06. The Kier molecular flexibility index (Phi) is 57.3. The lowest BCUT2D eigenvalue weighted by Crippen LogP contribution is -3.00. The number of anilines is 1. The maximum atomic E-state index is 12.3. The molecule has 532 valence electrons. The zero-order valence-corrected chi connectivity index (χ0v) is 67.2. The fourth-order valence-corrected chi connectivity index (χ4v) is 11.3. The van der Waals surface area contributed by atoms with E-state index in [-0.39, 0.29) is 53.8 Å². The predicted molar refractivity (Wildman–Crippen MR) is 400 cm³/mol. The molecule has 0 fully saturated rings. The van der Waals surface area contributed by atoms with E-state index >= 15 is 0 Å². The number of alkyl halides is 2. The molecule has 0 spiro atoms. The van der Waals surface area contributed by atoms with Gasteiger partial charge in [0.15, 0.2) is 0 Å². The van der Waals surface area contributed by atoms with Crippen LogP contribution >= 0.6 is 34.8 Å². The smallest absolute Gasteiger partial charge is 0.222 e. The molecule has 0 atom stereocenters. The Balaban J connectivity index is -0.000000522. The number of quaternary nitrogens is 2. The number of nitrogens with two attached hydrogens (primary N) is 1. The van der Waals surface area contributed by atoms with Crippen LogP contribution in [0.3, 0.4) is 0 Å². The number of rotatable bonds is 31. The molecule has 3 N–H and O–H groups in total. The van der Waals surface area contributed by atoms with Crippen LogP contribution < -0.4 is 47.4 Å². The molecule has 0 unspecified atom stereocenters. The number of hydrogen-bond acceptors (Lipinski definition) is 8. The van der Waals surface area contributed by atoms with Crippen LogP contribution in [0.5, 0.6) is 0 Å². The number of hydrogen-bond donors (Lipinski definition) is 2. The minimum Gasteiger partial charge on any atom is -1.00 e. The Morgan fingerprint density at radius 2 is 0.628 bits per heavy atom. The average molecular weight is 1490 g/mol. The van der Waals surface area contributed by atoms with Crippen molar-refractivity contribution in [1.29, 1.82) is 0 Å². The fraction of sp³-hybridized carbons (Fsp3) is 0.557. The van der Waals surface area contributed by atoms with E-state index in [1.807, 2.05) is 64.1 Å². The highest BCUT2D eigenvalue weighted by Crippen LogP contribution is 2.20. The number of para-hydroxylation sites is 1. The average Bonchev–Trinajstić information content (AvgIpc) is 3.68. The Morgan fingerprint density at radius 1 is 0.394 bits per heavy atom. The molecule has 94 heavy (non-hydrogen) atoms. The molecule has 10 nitrogen and oxygen atoms in total. The Hall–Kier alpha value is -4.02. The first-order valence-electron chi connectivity index (χ1n) is 34.1. The number of aryl methyl sites for hydroxylation is 10. The second-order valence-electron chi connectivity index (χ2n) is 24.1. The van der Waals surface area contributed by atoms with Gasteiger partial charge in [-0.2, -0.15) is 0 Å². The van der Waals surface area contributed by atoms with Crippen LogP contribution in [-0.2, 0) is 49.7 Å². The summed E-state index contributed by atoms with van der Waals surface area (Å²) in [6, 6.07) is 30.9. The maximum Gasteiger partial charge on any atom is 0.222 e. The van der Waals surface area contributed by atoms with Gasteiger partial charge in [-0.05, 0) is 226 Å². The third kappa shape index (κ3) is 40.0. The van der Waals surface area contributed by atoms with E-state index in [9.17, 15) is 24.0 Å². The van der Waals surface area contributed by atoms with Gasteiger partial charge >= 0.3 is 0 Å². The zero-order chi connectivity index (χ0) is 70.4. The summed E-state index contributed by atoms with van der Waals surface area (Å²) in [5.41, 5.74) is 23.5. The van der Waals surface area contributed by atoms with E-state index in [4.69, 9.17) is 40.5 Å². The van der Waals surface area contributed by atoms with Gasteiger partial charge in [-0.25, -0.2) is 0 Å². The molecule has 0 aliphatic carbocycles. The molecule has 5 aromatic rings. The van der Waals surface area contributed by atoms with Gasteiger partial charge in [0.25, 0.3) is 0 Å². The SMILES string of the molecule is CCN(CC)CCC(=O)Cc1c(C)cccc1C.CCNCC.CC[N+](CC)(CC)CCC(=O)Cc1c(C)cccc1C.CC[N+](CC)(CC)CCC(=O)Cc1c(C)cccc1C.Cc1cccc(C)c1CC(=O)CCCl.Cc1cccc(C)c1N.O=C(Cl)CCCl.[Cl-].[I-]. The second-order valence-corrected chi connectivity index (χ2v) is 25.3. The monoisotopic (exact) mass is 1490 g/mol. The van der Waals surface area contributed by atoms with Crippen molar-refractivity contribution in [2.24, 2.45) is 0 Å². The first-order chi connectivity index (χ1) is 43.6. The van der Waals surface area contributed by atoms with Gasteiger partial charge in [-0.3, -0.25) is 24.0 Å². The Labute approximate surface area is 611 Å². The van der Waals surface area contributed by atoms with Crippen LogP contribution in [-0.4, -0.2) is 139 Å². The van der Waals surface area contributed by atoms with E-state index in [0.29, 0.717) is 80.5 Å². The van der Waals surface area contributed by atoms with Gasteiger partial charge in [-0.1, -0.05) is 119 Å². The van der Waals surface area contributed by atoms with E-state index in [1.165, 1.54) is 61.2 Å². The molecule has 0 amide bonds. The van der Waals surface area contributed by atoms with Crippen LogP contribution in [0, 0.1) is 69.2 Å². The van der Waals surface area contributed by atoms with Crippen molar-refractivity contribution in [3.8, 4) is 0 Å². The quantitative estimate of drug-likeness (QED) is 0.0148. The summed E-state index contributed by atoms with van der Waals surface area (Å²) in [5, 5.41) is 2.74. The molecule has 0 aliphatic heterocycles. The van der Waals surface area contributed by atoms with E-state index in [2.05, 4.69) is 176 Å². The lowest BCUT2D eigenvalue weighted by molar-refractivity contribution is -0.922. The lowest BCUT2D eigenvalue weighted by atomic mass is 9.97. The van der Waals surface area contributed by atoms with E-state index in [0.717, 1.165) is 116 Å². The van der Waals surface area contributed by atoms with Gasteiger partial charge in [0.05, 0.1) is 65.2 Å². The van der Waals surface area contributed by atoms with Crippen LogP contribution in [0.25, 0.3) is 0 Å². The largest absolute Gasteiger partial charge is 1.00 e. The summed E-state index contributed by atoms with van der Waals surface area (Å²) in [6.07, 6.45) is 5.08. The summed E-state index contributed by atoms with van der Waals surface area (Å²) in [6.45, 7) is 56.3. The summed E-state index contributed by atoms with van der Waals surface area (Å²) in [7, 11) is 0. The third-order valence-electron chi connectivity index (χ3n) is 18.1. The normalized spacial score (nSPS) is 10.5. The van der Waals surface area contributed by atoms with Gasteiger partial charge < -0.3 is 61.3 Å². The van der Waals surface area contributed by atoms with Gasteiger partial charge in [0, 0.05) is 68.9 Å². The molecule has 5 aromatic carbocycles. The van der Waals surface area contributed by atoms with Gasteiger partial charge in [0.1, 0.15) is 23.1 Å². The first-order valence-corrected chi connectivity index (χ1v) is 35.6. The van der Waals surface area contributed by atoms with Crippen LogP contribution in [0.4, 0.5) is 5.69 Å². The van der Waals surface area contributed by atoms with Crippen molar-refractivity contribution >= 4 is 68.9 Å². The molecule has 0 saturated heterocycles. The van der Waals surface area contributed by atoms with E-state index in [1.54, 1.807) is 0 Å². The maximum absolute atomic E-state index is 12.3. The molecule has 5 rings (SSSR count). The van der Waals surface area contributed by atoms with Crippen molar-refractivity contribution in [2.75, 3.05) is 103 Å². The van der Waals surface area contributed by atoms with Crippen LogP contribution in [0.1, 0.15) is 179 Å². The predicted octanol–water partition coefficient (Wildman–Crippen LogP) is 11.4. The highest BCUT2D eigenvalue weighted by atomic mass is 127. The van der Waals surface area contributed by atoms with Crippen molar-refractivity contribution in [1.82, 2.24) is 10.2 Å². The third-order valence-corrected chi connectivity index (χ3v) is 18.7.